The maximum atomic E-state index is 12.8. The van der Waals surface area contributed by atoms with Crippen LogP contribution < -0.4 is 4.74 Å². The molecular weight excluding hydrogens is 284 g/mol. The van der Waals surface area contributed by atoms with E-state index in [-0.39, 0.29) is 28.3 Å². The third-order valence-electron chi connectivity index (χ3n) is 4.45. The maximum Gasteiger partial charge on any atom is 0.169 e. The summed E-state index contributed by atoms with van der Waals surface area (Å²) in [6.45, 7) is 3.93. The van der Waals surface area contributed by atoms with Crippen LogP contribution in [0.2, 0.25) is 0 Å². The second kappa shape index (κ2) is 5.91. The van der Waals surface area contributed by atoms with E-state index in [0.717, 1.165) is 25.7 Å². The molecule has 3 nitrogen and oxygen atoms in total. The summed E-state index contributed by atoms with van der Waals surface area (Å²) in [5, 5.41) is 0.465. The van der Waals surface area contributed by atoms with Crippen LogP contribution in [-0.2, 0) is 10.8 Å². The largest absolute Gasteiger partial charge is 0.490 e. The van der Waals surface area contributed by atoms with E-state index in [9.17, 15) is 9.00 Å². The third kappa shape index (κ3) is 2.91. The lowest BCUT2D eigenvalue weighted by Gasteiger charge is -2.27. The van der Waals surface area contributed by atoms with Gasteiger partial charge in [-0.15, -0.1) is 0 Å². The van der Waals surface area contributed by atoms with Crippen molar-refractivity contribution < 1.29 is 13.7 Å². The Bertz CT molecular complexity index is 551. The van der Waals surface area contributed by atoms with E-state index in [1.54, 1.807) is 0 Å². The van der Waals surface area contributed by atoms with Gasteiger partial charge in [0.15, 0.2) is 5.78 Å². The molecule has 4 heteroatoms. The van der Waals surface area contributed by atoms with E-state index < -0.39 is 10.8 Å². The van der Waals surface area contributed by atoms with E-state index in [1.165, 1.54) is 0 Å². The van der Waals surface area contributed by atoms with Crippen molar-refractivity contribution in [2.24, 2.45) is 5.92 Å². The lowest BCUT2D eigenvalue weighted by Crippen LogP contribution is -2.32. The minimum Gasteiger partial charge on any atom is -0.490 e. The second-order valence-corrected chi connectivity index (χ2v) is 8.34. The monoisotopic (exact) mass is 306 g/mol. The molecular formula is C17H22O3S. The molecule has 114 valence electrons. The molecule has 0 aromatic heterocycles. The predicted octanol–water partition coefficient (Wildman–Crippen LogP) is 3.35. The SMILES string of the molecule is CC(C)Oc1ccccc1C(=O)C1CC2CCC(C1)S2=O. The average molecular weight is 306 g/mol. The lowest BCUT2D eigenvalue weighted by atomic mass is 9.90. The zero-order valence-electron chi connectivity index (χ0n) is 12.6. The molecule has 3 rings (SSSR count). The highest BCUT2D eigenvalue weighted by Crippen LogP contribution is 2.40. The Labute approximate surface area is 128 Å². The van der Waals surface area contributed by atoms with E-state index in [0.29, 0.717) is 11.3 Å². The highest BCUT2D eigenvalue weighted by Gasteiger charge is 2.43. The number of hydrogen-bond donors (Lipinski definition) is 0. The quantitative estimate of drug-likeness (QED) is 0.801. The zero-order valence-corrected chi connectivity index (χ0v) is 13.4. The van der Waals surface area contributed by atoms with Gasteiger partial charge in [-0.25, -0.2) is 0 Å². The van der Waals surface area contributed by atoms with Gasteiger partial charge in [0.2, 0.25) is 0 Å². The molecule has 2 fully saturated rings. The van der Waals surface area contributed by atoms with Crippen molar-refractivity contribution in [3.05, 3.63) is 29.8 Å². The van der Waals surface area contributed by atoms with Gasteiger partial charge in [0, 0.05) is 27.2 Å². The number of hydrogen-bond acceptors (Lipinski definition) is 3. The Kier molecular flexibility index (Phi) is 4.16. The first-order valence-electron chi connectivity index (χ1n) is 7.75. The molecule has 1 aromatic carbocycles. The summed E-state index contributed by atoms with van der Waals surface area (Å²) < 4.78 is 17.8. The van der Waals surface area contributed by atoms with Gasteiger partial charge in [0.05, 0.1) is 11.7 Å². The maximum absolute atomic E-state index is 12.8. The van der Waals surface area contributed by atoms with Crippen molar-refractivity contribution in [1.82, 2.24) is 0 Å². The Morgan fingerprint density at radius 2 is 1.81 bits per heavy atom. The molecule has 2 atom stereocenters. The summed E-state index contributed by atoms with van der Waals surface area (Å²) in [4.78, 5) is 12.8. The summed E-state index contributed by atoms with van der Waals surface area (Å²) in [6, 6.07) is 7.50. The van der Waals surface area contributed by atoms with Gasteiger partial charge in [-0.2, -0.15) is 0 Å². The molecule has 2 unspecified atom stereocenters. The first kappa shape index (κ1) is 14.8. The van der Waals surface area contributed by atoms with Crippen molar-refractivity contribution in [3.63, 3.8) is 0 Å². The first-order chi connectivity index (χ1) is 10.1. The molecule has 0 N–H and O–H groups in total. The first-order valence-corrected chi connectivity index (χ1v) is 9.03. The van der Waals surface area contributed by atoms with Crippen LogP contribution in [0, 0.1) is 5.92 Å². The summed E-state index contributed by atoms with van der Waals surface area (Å²) in [5.74, 6) is 0.855. The van der Waals surface area contributed by atoms with Gasteiger partial charge in [-0.1, -0.05) is 12.1 Å². The third-order valence-corrected chi connectivity index (χ3v) is 6.62. The molecule has 0 aliphatic carbocycles. The fourth-order valence-corrected chi connectivity index (χ4v) is 5.62. The predicted molar refractivity (Wildman–Crippen MR) is 84.2 cm³/mol. The number of ketones is 1. The Hall–Kier alpha value is -1.16. The summed E-state index contributed by atoms with van der Waals surface area (Å²) in [5.41, 5.74) is 0.684. The number of fused-ring (bicyclic) bond motifs is 2. The van der Waals surface area contributed by atoms with E-state index in [1.807, 2.05) is 38.1 Å². The number of carbonyl (C=O) groups excluding carboxylic acids is 1. The zero-order chi connectivity index (χ0) is 15.0. The number of benzene rings is 1. The Morgan fingerprint density at radius 3 is 2.43 bits per heavy atom. The van der Waals surface area contributed by atoms with Gasteiger partial charge in [-0.05, 0) is 51.7 Å². The van der Waals surface area contributed by atoms with Gasteiger partial charge >= 0.3 is 0 Å². The highest BCUT2D eigenvalue weighted by molar-refractivity contribution is 7.86. The minimum absolute atomic E-state index is 0.0112. The molecule has 0 saturated carbocycles. The molecule has 0 radical (unpaired) electrons. The van der Waals surface area contributed by atoms with Crippen molar-refractivity contribution >= 4 is 16.6 Å². The Balaban J connectivity index is 1.81. The summed E-state index contributed by atoms with van der Waals surface area (Å²) in [6.07, 6.45) is 3.64. The molecule has 2 aliphatic heterocycles. The van der Waals surface area contributed by atoms with Crippen molar-refractivity contribution in [2.45, 2.75) is 56.1 Å². The van der Waals surface area contributed by atoms with Crippen LogP contribution >= 0.6 is 0 Å². The summed E-state index contributed by atoms with van der Waals surface area (Å²) in [7, 11) is -0.710. The molecule has 2 saturated heterocycles. The van der Waals surface area contributed by atoms with Gasteiger partial charge in [0.25, 0.3) is 0 Å². The normalized spacial score (nSPS) is 31.4. The van der Waals surface area contributed by atoms with Crippen molar-refractivity contribution in [3.8, 4) is 5.75 Å². The van der Waals surface area contributed by atoms with E-state index in [4.69, 9.17) is 4.74 Å². The van der Waals surface area contributed by atoms with Crippen molar-refractivity contribution in [1.29, 1.82) is 0 Å². The van der Waals surface area contributed by atoms with Crippen LogP contribution in [0.15, 0.2) is 24.3 Å². The number of Topliss-reactive ketones (excluding diaryl/α,β-unsaturated/α-hetero) is 1. The van der Waals surface area contributed by atoms with Gasteiger partial charge in [0.1, 0.15) is 5.75 Å². The fourth-order valence-electron chi connectivity index (χ4n) is 3.49. The molecule has 2 bridgehead atoms. The van der Waals surface area contributed by atoms with Gasteiger partial charge < -0.3 is 4.74 Å². The van der Waals surface area contributed by atoms with Crippen molar-refractivity contribution in [2.75, 3.05) is 0 Å². The molecule has 0 amide bonds. The number of ether oxygens (including phenoxy) is 1. The van der Waals surface area contributed by atoms with Crippen LogP contribution in [0.3, 0.4) is 0 Å². The van der Waals surface area contributed by atoms with E-state index in [2.05, 4.69) is 0 Å². The number of para-hydroxylation sites is 1. The van der Waals surface area contributed by atoms with Crippen LogP contribution in [0.25, 0.3) is 0 Å². The molecule has 21 heavy (non-hydrogen) atoms. The number of carbonyl (C=O) groups is 1. The lowest BCUT2D eigenvalue weighted by molar-refractivity contribution is 0.0900. The Morgan fingerprint density at radius 1 is 1.19 bits per heavy atom. The van der Waals surface area contributed by atoms with Gasteiger partial charge in [-0.3, -0.25) is 9.00 Å². The molecule has 0 spiro atoms. The number of rotatable bonds is 4. The molecule has 2 heterocycles. The second-order valence-electron chi connectivity index (χ2n) is 6.35. The average Bonchev–Trinajstić information content (AvgIpc) is 2.68. The fraction of sp³-hybridized carbons (Fsp3) is 0.588. The molecule has 2 aliphatic rings. The summed E-state index contributed by atoms with van der Waals surface area (Å²) >= 11 is 0. The topological polar surface area (TPSA) is 43.4 Å². The molecule has 1 aromatic rings. The minimum atomic E-state index is -0.710. The van der Waals surface area contributed by atoms with Crippen LogP contribution in [0.4, 0.5) is 0 Å². The van der Waals surface area contributed by atoms with Crippen LogP contribution in [-0.4, -0.2) is 26.6 Å². The van der Waals surface area contributed by atoms with E-state index >= 15 is 0 Å². The van der Waals surface area contributed by atoms with Crippen LogP contribution in [0.5, 0.6) is 5.75 Å². The standard InChI is InChI=1S/C17H22O3S/c1-11(2)20-16-6-4-3-5-15(16)17(18)12-9-13-7-8-14(10-12)21(13)19/h3-6,11-14H,7-10H2,1-2H3. The highest BCUT2D eigenvalue weighted by atomic mass is 32.2. The van der Waals surface area contributed by atoms with Crippen LogP contribution in [0.1, 0.15) is 49.9 Å². The smallest absolute Gasteiger partial charge is 0.169 e.